The summed E-state index contributed by atoms with van der Waals surface area (Å²) in [7, 11) is 0. The van der Waals surface area contributed by atoms with Crippen LogP contribution in [-0.2, 0) is 6.54 Å². The summed E-state index contributed by atoms with van der Waals surface area (Å²) in [4.78, 5) is 8.65. The number of aromatic amines is 1. The quantitative estimate of drug-likeness (QED) is 0.821. The maximum absolute atomic E-state index is 4.40. The highest BCUT2D eigenvalue weighted by Gasteiger charge is 2.02. The molecule has 0 atom stereocenters. The van der Waals surface area contributed by atoms with Crippen molar-refractivity contribution in [3.63, 3.8) is 0 Å². The fraction of sp³-hybridized carbons (Fsp3) is 0.364. The van der Waals surface area contributed by atoms with Crippen molar-refractivity contribution >= 4 is 5.82 Å². The van der Waals surface area contributed by atoms with Crippen LogP contribution in [0.25, 0.3) is 0 Å². The summed E-state index contributed by atoms with van der Waals surface area (Å²) in [5, 5.41) is 10.1. The van der Waals surface area contributed by atoms with Gasteiger partial charge in [0, 0.05) is 17.8 Å². The Hall–Kier alpha value is -1.91. The minimum Gasteiger partial charge on any atom is -0.365 e. The van der Waals surface area contributed by atoms with E-state index >= 15 is 0 Å². The average Bonchev–Trinajstić information content (AvgIpc) is 2.66. The van der Waals surface area contributed by atoms with E-state index in [-0.39, 0.29) is 0 Å². The predicted octanol–water partition coefficient (Wildman–Crippen LogP) is 1.74. The molecule has 84 valence electrons. The van der Waals surface area contributed by atoms with Crippen molar-refractivity contribution < 1.29 is 0 Å². The monoisotopic (exact) mass is 217 g/mol. The Morgan fingerprint density at radius 1 is 1.19 bits per heavy atom. The molecule has 0 aromatic carbocycles. The molecule has 0 radical (unpaired) electrons. The van der Waals surface area contributed by atoms with Gasteiger partial charge in [0.15, 0.2) is 0 Å². The van der Waals surface area contributed by atoms with Crippen molar-refractivity contribution in [2.45, 2.75) is 27.3 Å². The molecule has 0 aliphatic rings. The first kappa shape index (κ1) is 10.6. The second kappa shape index (κ2) is 4.30. The minimum atomic E-state index is 0.708. The van der Waals surface area contributed by atoms with E-state index in [2.05, 4.69) is 25.5 Å². The summed E-state index contributed by atoms with van der Waals surface area (Å²) < 4.78 is 0. The van der Waals surface area contributed by atoms with Crippen molar-refractivity contribution in [2.24, 2.45) is 0 Å². The Labute approximate surface area is 94.3 Å². The lowest BCUT2D eigenvalue weighted by molar-refractivity contribution is 1.01. The molecular formula is C11H15N5. The number of aromatic nitrogens is 4. The molecule has 2 heterocycles. The fourth-order valence-electron chi connectivity index (χ4n) is 1.37. The van der Waals surface area contributed by atoms with E-state index in [0.717, 1.165) is 28.5 Å². The van der Waals surface area contributed by atoms with Gasteiger partial charge in [0.2, 0.25) is 0 Å². The molecular weight excluding hydrogens is 202 g/mol. The number of rotatable bonds is 3. The second-order valence-corrected chi connectivity index (χ2v) is 3.80. The summed E-state index contributed by atoms with van der Waals surface area (Å²) in [5.74, 6) is 0.795. The molecule has 5 heteroatoms. The van der Waals surface area contributed by atoms with Crippen LogP contribution in [0.4, 0.5) is 5.82 Å². The van der Waals surface area contributed by atoms with Gasteiger partial charge in [0.05, 0.1) is 23.8 Å². The van der Waals surface area contributed by atoms with Gasteiger partial charge < -0.3 is 5.32 Å². The number of hydrogen-bond acceptors (Lipinski definition) is 4. The van der Waals surface area contributed by atoms with Crippen LogP contribution in [0.2, 0.25) is 0 Å². The molecule has 0 fully saturated rings. The summed E-state index contributed by atoms with van der Waals surface area (Å²) in [5.41, 5.74) is 4.13. The van der Waals surface area contributed by atoms with E-state index in [1.54, 1.807) is 6.20 Å². The first-order valence-electron chi connectivity index (χ1n) is 5.20. The molecule has 5 nitrogen and oxygen atoms in total. The van der Waals surface area contributed by atoms with Crippen molar-refractivity contribution in [3.05, 3.63) is 35.0 Å². The van der Waals surface area contributed by atoms with Gasteiger partial charge in [-0.05, 0) is 20.8 Å². The molecule has 0 spiro atoms. The van der Waals surface area contributed by atoms with E-state index < -0.39 is 0 Å². The highest BCUT2D eigenvalue weighted by Crippen LogP contribution is 2.09. The third kappa shape index (κ3) is 2.18. The molecule has 2 aromatic heterocycles. The van der Waals surface area contributed by atoms with Gasteiger partial charge in [-0.25, -0.2) is 4.98 Å². The van der Waals surface area contributed by atoms with Gasteiger partial charge in [-0.3, -0.25) is 10.1 Å². The van der Waals surface area contributed by atoms with Crippen LogP contribution < -0.4 is 5.32 Å². The fourth-order valence-corrected chi connectivity index (χ4v) is 1.37. The molecule has 0 amide bonds. The van der Waals surface area contributed by atoms with Crippen molar-refractivity contribution in [2.75, 3.05) is 5.32 Å². The van der Waals surface area contributed by atoms with Crippen LogP contribution >= 0.6 is 0 Å². The molecule has 0 unspecified atom stereocenters. The van der Waals surface area contributed by atoms with Crippen LogP contribution in [0, 0.1) is 20.8 Å². The highest BCUT2D eigenvalue weighted by molar-refractivity contribution is 5.35. The SMILES string of the molecule is Cc1ncc(NCc2cn[nH]c2C)nc1C. The van der Waals surface area contributed by atoms with Gasteiger partial charge in [-0.1, -0.05) is 0 Å². The Balaban J connectivity index is 2.05. The lowest BCUT2D eigenvalue weighted by Gasteiger charge is -2.06. The summed E-state index contributed by atoms with van der Waals surface area (Å²) in [6.07, 6.45) is 3.56. The standard InChI is InChI=1S/C11H15N5/c1-7-8(2)15-11(6-12-7)13-4-10-5-14-16-9(10)3/h5-6H,4H2,1-3H3,(H,13,15)(H,14,16). The molecule has 0 saturated heterocycles. The molecule has 0 aliphatic carbocycles. The van der Waals surface area contributed by atoms with Gasteiger partial charge in [-0.2, -0.15) is 5.10 Å². The second-order valence-electron chi connectivity index (χ2n) is 3.80. The van der Waals surface area contributed by atoms with Crippen LogP contribution in [0.5, 0.6) is 0 Å². The molecule has 2 N–H and O–H groups in total. The van der Waals surface area contributed by atoms with Gasteiger partial charge in [0.25, 0.3) is 0 Å². The van der Waals surface area contributed by atoms with Gasteiger partial charge in [-0.15, -0.1) is 0 Å². The van der Waals surface area contributed by atoms with Crippen molar-refractivity contribution in [1.29, 1.82) is 0 Å². The van der Waals surface area contributed by atoms with Crippen LogP contribution in [0.3, 0.4) is 0 Å². The zero-order chi connectivity index (χ0) is 11.5. The number of anilines is 1. The maximum Gasteiger partial charge on any atom is 0.145 e. The summed E-state index contributed by atoms with van der Waals surface area (Å²) >= 11 is 0. The first-order valence-corrected chi connectivity index (χ1v) is 5.20. The van der Waals surface area contributed by atoms with Gasteiger partial charge in [0.1, 0.15) is 5.82 Å². The molecule has 0 bridgehead atoms. The summed E-state index contributed by atoms with van der Waals surface area (Å²) in [6, 6.07) is 0. The normalized spacial score (nSPS) is 10.4. The van der Waals surface area contributed by atoms with E-state index in [4.69, 9.17) is 0 Å². The van der Waals surface area contributed by atoms with E-state index in [9.17, 15) is 0 Å². The Bertz CT molecular complexity index is 489. The van der Waals surface area contributed by atoms with Crippen LogP contribution in [0.15, 0.2) is 12.4 Å². The lowest BCUT2D eigenvalue weighted by Crippen LogP contribution is -2.04. The molecule has 0 aliphatic heterocycles. The van der Waals surface area contributed by atoms with E-state index in [0.29, 0.717) is 6.54 Å². The van der Waals surface area contributed by atoms with Crippen molar-refractivity contribution in [1.82, 2.24) is 20.2 Å². The zero-order valence-electron chi connectivity index (χ0n) is 9.70. The Morgan fingerprint density at radius 3 is 2.62 bits per heavy atom. The van der Waals surface area contributed by atoms with E-state index in [1.807, 2.05) is 27.0 Å². The number of nitrogens with zero attached hydrogens (tertiary/aromatic N) is 3. The number of aryl methyl sites for hydroxylation is 3. The van der Waals surface area contributed by atoms with Crippen LogP contribution in [0.1, 0.15) is 22.6 Å². The highest BCUT2D eigenvalue weighted by atomic mass is 15.1. The number of nitrogens with one attached hydrogen (secondary N) is 2. The lowest BCUT2D eigenvalue weighted by atomic mass is 10.2. The average molecular weight is 217 g/mol. The van der Waals surface area contributed by atoms with E-state index in [1.165, 1.54) is 0 Å². The Kier molecular flexibility index (Phi) is 2.85. The molecule has 0 saturated carbocycles. The number of H-pyrrole nitrogens is 1. The molecule has 2 rings (SSSR count). The third-order valence-electron chi connectivity index (χ3n) is 2.59. The summed E-state index contributed by atoms with van der Waals surface area (Å²) in [6.45, 7) is 6.61. The first-order chi connectivity index (χ1) is 7.66. The maximum atomic E-state index is 4.40. The largest absolute Gasteiger partial charge is 0.365 e. The number of hydrogen-bond donors (Lipinski definition) is 2. The minimum absolute atomic E-state index is 0.708. The Morgan fingerprint density at radius 2 is 2.00 bits per heavy atom. The molecule has 16 heavy (non-hydrogen) atoms. The zero-order valence-corrected chi connectivity index (χ0v) is 9.70. The topological polar surface area (TPSA) is 66.5 Å². The predicted molar refractivity (Wildman–Crippen MR) is 62.2 cm³/mol. The van der Waals surface area contributed by atoms with Crippen LogP contribution in [-0.4, -0.2) is 20.2 Å². The van der Waals surface area contributed by atoms with Crippen molar-refractivity contribution in [3.8, 4) is 0 Å². The molecule has 2 aromatic rings. The smallest absolute Gasteiger partial charge is 0.145 e. The van der Waals surface area contributed by atoms with Gasteiger partial charge >= 0.3 is 0 Å². The third-order valence-corrected chi connectivity index (χ3v) is 2.59.